The van der Waals surface area contributed by atoms with Gasteiger partial charge in [-0.05, 0) is 83.5 Å². The van der Waals surface area contributed by atoms with E-state index in [9.17, 15) is 9.90 Å². The molecule has 1 radical (unpaired) electrons. The van der Waals surface area contributed by atoms with Crippen LogP contribution < -0.4 is 0 Å². The Bertz CT molecular complexity index is 2140. The number of fused-ring (bicyclic) bond motifs is 3. The molecule has 3 aromatic carbocycles. The fourth-order valence-electron chi connectivity index (χ4n) is 6.83. The summed E-state index contributed by atoms with van der Waals surface area (Å²) in [5.74, 6) is 1.22. The Labute approximate surface area is 333 Å². The van der Waals surface area contributed by atoms with Crippen molar-refractivity contribution < 1.29 is 30.0 Å². The van der Waals surface area contributed by atoms with Crippen LogP contribution in [0.25, 0.3) is 53.5 Å². The van der Waals surface area contributed by atoms with Crippen LogP contribution in [-0.2, 0) is 36.7 Å². The molecule has 0 aliphatic rings. The molecular weight excluding hydrogens is 855 g/mol. The molecule has 52 heavy (non-hydrogen) atoms. The van der Waals surface area contributed by atoms with Crippen molar-refractivity contribution in [3.05, 3.63) is 100 Å². The Kier molecular flexibility index (Phi) is 14.6. The van der Waals surface area contributed by atoms with Gasteiger partial charge >= 0.3 is 0 Å². The molecule has 0 fully saturated rings. The predicted molar refractivity (Wildman–Crippen MR) is 223 cm³/mol. The van der Waals surface area contributed by atoms with Crippen molar-refractivity contribution in [3.8, 4) is 22.4 Å². The average Bonchev–Trinajstić information content (AvgIpc) is 3.74. The molecule has 3 nitrogen and oxygen atoms in total. The van der Waals surface area contributed by atoms with E-state index >= 15 is 0 Å². The zero-order chi connectivity index (χ0) is 36.9. The molecule has 0 amide bonds. The number of hydrogen-bond donors (Lipinski definition) is 1. The molecule has 1 N–H and O–H groups in total. The Balaban J connectivity index is 0.000000323. The Morgan fingerprint density at radius 3 is 2.25 bits per heavy atom. The largest absolute Gasteiger partial charge is 0.512 e. The maximum atomic E-state index is 11.7. The second-order valence-corrected chi connectivity index (χ2v) is 17.2. The van der Waals surface area contributed by atoms with Crippen LogP contribution in [0.2, 0.25) is 0 Å². The number of thiophene rings is 2. The van der Waals surface area contributed by atoms with Crippen LogP contribution in [-0.4, -0.2) is 15.9 Å². The van der Waals surface area contributed by atoms with Gasteiger partial charge in [0.1, 0.15) is 0 Å². The van der Waals surface area contributed by atoms with Crippen molar-refractivity contribution in [1.29, 1.82) is 0 Å². The van der Waals surface area contributed by atoms with Crippen LogP contribution in [0.3, 0.4) is 0 Å². The summed E-state index contributed by atoms with van der Waals surface area (Å²) in [5, 5.41) is 15.7. The molecule has 3 heterocycles. The molecular formula is C46H54IrNO2S2-. The third kappa shape index (κ3) is 9.68. The number of allylic oxidation sites excluding steroid dienone is 2. The molecule has 6 heteroatoms. The first kappa shape index (κ1) is 41.6. The summed E-state index contributed by atoms with van der Waals surface area (Å²) in [6.45, 7) is 19.5. The molecule has 0 bridgehead atoms. The van der Waals surface area contributed by atoms with E-state index in [1.807, 2.05) is 39.0 Å². The SMILES string of the molecule is CC(C)Cc1cc2ccc(-c3cc(-c4[c-]c5ccccc5c(C(C)(C)C)c4)nc4ccsc34)cc2s1.CCC(CC)C(=O)/C=C(\O)C(CC)CC.[Ir]. The maximum Gasteiger partial charge on any atom is 0.162 e. The van der Waals surface area contributed by atoms with E-state index in [1.165, 1.54) is 47.8 Å². The van der Waals surface area contributed by atoms with Gasteiger partial charge in [0.05, 0.1) is 16.0 Å². The number of aromatic nitrogens is 1. The van der Waals surface area contributed by atoms with E-state index in [2.05, 4.69) is 113 Å². The van der Waals surface area contributed by atoms with Gasteiger partial charge in [-0.25, -0.2) is 0 Å². The molecule has 6 rings (SSSR count). The van der Waals surface area contributed by atoms with E-state index in [0.29, 0.717) is 5.92 Å². The number of aliphatic hydroxyl groups is 1. The minimum atomic E-state index is 0. The minimum Gasteiger partial charge on any atom is -0.512 e. The summed E-state index contributed by atoms with van der Waals surface area (Å²) in [4.78, 5) is 18.3. The Morgan fingerprint density at radius 1 is 0.904 bits per heavy atom. The van der Waals surface area contributed by atoms with Gasteiger partial charge in [0, 0.05) is 53.3 Å². The van der Waals surface area contributed by atoms with E-state index < -0.39 is 0 Å². The first-order valence-corrected chi connectivity index (χ1v) is 20.4. The van der Waals surface area contributed by atoms with Gasteiger partial charge < -0.3 is 5.11 Å². The van der Waals surface area contributed by atoms with Gasteiger partial charge in [-0.3, -0.25) is 9.78 Å². The number of ketones is 1. The van der Waals surface area contributed by atoms with E-state index in [0.717, 1.165) is 54.3 Å². The maximum absolute atomic E-state index is 11.7. The third-order valence-electron chi connectivity index (χ3n) is 9.84. The number of carbonyl (C=O) groups is 1. The van der Waals surface area contributed by atoms with Crippen molar-refractivity contribution >= 4 is 59.5 Å². The van der Waals surface area contributed by atoms with Crippen molar-refractivity contribution in [2.75, 3.05) is 0 Å². The molecule has 0 spiro atoms. The molecule has 277 valence electrons. The summed E-state index contributed by atoms with van der Waals surface area (Å²) in [7, 11) is 0. The van der Waals surface area contributed by atoms with Crippen molar-refractivity contribution in [1.82, 2.24) is 4.98 Å². The van der Waals surface area contributed by atoms with Crippen molar-refractivity contribution in [3.63, 3.8) is 0 Å². The fourth-order valence-corrected chi connectivity index (χ4v) is 9.02. The monoisotopic (exact) mass is 909 g/mol. The van der Waals surface area contributed by atoms with Crippen LogP contribution in [0.4, 0.5) is 0 Å². The summed E-state index contributed by atoms with van der Waals surface area (Å²) >= 11 is 3.70. The standard InChI is InChI=1S/C33H30NS2.C13H24O2.Ir/c1-20(2)14-25-16-23-11-10-22(18-31(23)36-25)27-19-30(34-29-12-13-35-32(27)29)24-15-21-8-6-7-9-26(21)28(17-24)33(3,4)5;1-5-10(6-2)12(14)9-13(15)11(7-3)8-4;/h6-13,16-20H,14H2,1-5H3;9-11,14H,5-8H2,1-4H3;/q-1;;/b;12-9-;. The fraction of sp³-hybridized carbons (Fsp3) is 0.391. The molecule has 0 unspecified atom stereocenters. The number of hydrogen-bond acceptors (Lipinski definition) is 5. The van der Waals surface area contributed by atoms with Gasteiger partial charge in [-0.15, -0.1) is 51.8 Å². The first-order chi connectivity index (χ1) is 24.4. The Morgan fingerprint density at radius 2 is 1.60 bits per heavy atom. The number of benzene rings is 3. The first-order valence-electron chi connectivity index (χ1n) is 18.7. The van der Waals surface area contributed by atoms with Crippen molar-refractivity contribution in [2.24, 2.45) is 17.8 Å². The molecule has 6 aromatic rings. The van der Waals surface area contributed by atoms with Crippen LogP contribution in [0, 0.1) is 23.8 Å². The zero-order valence-corrected chi connectivity index (χ0v) is 36.3. The normalized spacial score (nSPS) is 12.2. The zero-order valence-electron chi connectivity index (χ0n) is 32.2. The van der Waals surface area contributed by atoms with E-state index in [4.69, 9.17) is 4.98 Å². The number of nitrogens with zero attached hydrogens (tertiary/aromatic N) is 1. The van der Waals surface area contributed by atoms with Crippen LogP contribution in [0.15, 0.2) is 83.9 Å². The van der Waals surface area contributed by atoms with E-state index in [1.54, 1.807) is 11.3 Å². The van der Waals surface area contributed by atoms with Crippen LogP contribution >= 0.6 is 22.7 Å². The van der Waals surface area contributed by atoms with Gasteiger partial charge in [0.15, 0.2) is 5.78 Å². The summed E-state index contributed by atoms with van der Waals surface area (Å²) in [6, 6.07) is 28.3. The summed E-state index contributed by atoms with van der Waals surface area (Å²) in [6.07, 6.45) is 6.04. The van der Waals surface area contributed by atoms with Gasteiger partial charge in [0.25, 0.3) is 0 Å². The molecule has 0 saturated carbocycles. The second-order valence-electron chi connectivity index (χ2n) is 15.1. The number of rotatable bonds is 11. The number of aliphatic hydroxyl groups excluding tert-OH is 1. The van der Waals surface area contributed by atoms with Gasteiger partial charge in [-0.1, -0.05) is 110 Å². The minimum absolute atomic E-state index is 0. The third-order valence-corrected chi connectivity index (χ3v) is 11.9. The summed E-state index contributed by atoms with van der Waals surface area (Å²) in [5.41, 5.74) is 6.97. The average molecular weight is 909 g/mol. The van der Waals surface area contributed by atoms with E-state index in [-0.39, 0.29) is 48.9 Å². The van der Waals surface area contributed by atoms with Gasteiger partial charge in [0.2, 0.25) is 0 Å². The smallest absolute Gasteiger partial charge is 0.162 e. The van der Waals surface area contributed by atoms with Crippen molar-refractivity contribution in [2.45, 2.75) is 99.8 Å². The number of carbonyl (C=O) groups excluding carboxylic acids is 1. The van der Waals surface area contributed by atoms with Crippen LogP contribution in [0.5, 0.6) is 0 Å². The number of pyridine rings is 1. The predicted octanol–water partition coefficient (Wildman–Crippen LogP) is 14.2. The molecule has 0 atom stereocenters. The topological polar surface area (TPSA) is 50.2 Å². The quantitative estimate of drug-likeness (QED) is 0.0800. The van der Waals surface area contributed by atoms with Crippen LogP contribution in [0.1, 0.15) is 98.4 Å². The van der Waals surface area contributed by atoms with Gasteiger partial charge in [-0.2, -0.15) is 0 Å². The molecule has 3 aromatic heterocycles. The molecule has 0 aliphatic carbocycles. The molecule has 0 aliphatic heterocycles. The Hall–Kier alpha value is -3.15. The second kappa shape index (κ2) is 18.3. The molecule has 0 saturated heterocycles. The summed E-state index contributed by atoms with van der Waals surface area (Å²) < 4.78 is 2.60.